The van der Waals surface area contributed by atoms with Gasteiger partial charge in [0, 0.05) is 25.7 Å². The number of unbranched alkanes of at least 4 members (excludes halogenated alkanes) is 33. The van der Waals surface area contributed by atoms with Gasteiger partial charge in [0.25, 0.3) is 0 Å². The lowest BCUT2D eigenvalue weighted by Gasteiger charge is -2.21. The van der Waals surface area contributed by atoms with Gasteiger partial charge in [0.05, 0.1) is 26.4 Å². The molecule has 0 aliphatic rings. The number of carbonyl (C=O) groups excluding carboxylic acids is 4. The van der Waals surface area contributed by atoms with Crippen molar-refractivity contribution in [2.75, 3.05) is 39.6 Å². The largest absolute Gasteiger partial charge is 0.472 e. The van der Waals surface area contributed by atoms with Crippen molar-refractivity contribution in [2.45, 2.75) is 342 Å². The normalized spacial score (nSPS) is 14.6. The zero-order valence-electron chi connectivity index (χ0n) is 54.2. The molecule has 0 aliphatic carbocycles. The third-order valence-corrected chi connectivity index (χ3v) is 17.2. The molecule has 0 aliphatic heterocycles. The van der Waals surface area contributed by atoms with Gasteiger partial charge in [-0.3, -0.25) is 37.3 Å². The summed E-state index contributed by atoms with van der Waals surface area (Å²) >= 11 is 0. The van der Waals surface area contributed by atoms with E-state index in [0.29, 0.717) is 25.7 Å². The molecule has 3 N–H and O–H groups in total. The summed E-state index contributed by atoms with van der Waals surface area (Å²) in [6, 6.07) is 0. The maximum atomic E-state index is 13.0. The van der Waals surface area contributed by atoms with Gasteiger partial charge in [-0.05, 0) is 37.5 Å². The number of ether oxygens (including phenoxy) is 4. The van der Waals surface area contributed by atoms with Crippen LogP contribution in [0.2, 0.25) is 0 Å². The van der Waals surface area contributed by atoms with Crippen molar-refractivity contribution < 1.29 is 80.2 Å². The second-order valence-corrected chi connectivity index (χ2v) is 27.1. The fraction of sp³-hybridized carbons (Fsp3) is 0.938. The summed E-state index contributed by atoms with van der Waals surface area (Å²) in [7, 11) is -9.89. The van der Waals surface area contributed by atoms with E-state index in [1.165, 1.54) is 141 Å². The summed E-state index contributed by atoms with van der Waals surface area (Å²) in [5, 5.41) is 10.5. The molecule has 0 bridgehead atoms. The molecule has 0 radical (unpaired) electrons. The number of aliphatic hydroxyl groups is 1. The average Bonchev–Trinajstić information content (AvgIpc) is 3.57. The molecule has 17 nitrogen and oxygen atoms in total. The number of hydrogen-bond acceptors (Lipinski definition) is 15. The first-order valence-electron chi connectivity index (χ1n) is 34.0. The van der Waals surface area contributed by atoms with E-state index in [0.717, 1.165) is 102 Å². The van der Waals surface area contributed by atoms with Gasteiger partial charge < -0.3 is 33.8 Å². The summed E-state index contributed by atoms with van der Waals surface area (Å²) in [6.45, 7) is 9.42. The standard InChI is InChI=1S/C65H126O17P2/c1-7-10-12-14-16-18-19-20-21-25-30-37-43-49-64(69)81-60(53-76-63(68)48-42-36-29-26-22-24-27-33-39-45-57(4)5)55-79-83(71,72)77-51-59(66)52-78-84(73,74)80-56-61(54-75-62(67)47-41-35-28-23-17-15-13-11-8-2)82-65(70)50-44-38-32-31-34-40-46-58(6)9-3/h57-61,66H,7-56H2,1-6H3,(H,71,72)(H,73,74)/t58?,59-,60-,61-/m1/s1. The number of rotatable bonds is 64. The number of carbonyl (C=O) groups is 4. The van der Waals surface area contributed by atoms with Crippen molar-refractivity contribution >= 4 is 39.5 Å². The number of esters is 4. The first-order valence-corrected chi connectivity index (χ1v) is 37.0. The van der Waals surface area contributed by atoms with Crippen molar-refractivity contribution in [3.63, 3.8) is 0 Å². The molecule has 0 saturated carbocycles. The van der Waals surface area contributed by atoms with E-state index in [2.05, 4.69) is 41.5 Å². The van der Waals surface area contributed by atoms with Gasteiger partial charge in [-0.1, -0.05) is 273 Å². The Balaban J connectivity index is 5.25. The number of hydrogen-bond donors (Lipinski definition) is 3. The lowest BCUT2D eigenvalue weighted by Crippen LogP contribution is -2.30. The van der Waals surface area contributed by atoms with Gasteiger partial charge in [0.15, 0.2) is 12.2 Å². The lowest BCUT2D eigenvalue weighted by molar-refractivity contribution is -0.161. The molecule has 0 spiro atoms. The summed E-state index contributed by atoms with van der Waals surface area (Å²) < 4.78 is 68.0. The van der Waals surface area contributed by atoms with Crippen molar-refractivity contribution in [3.05, 3.63) is 0 Å². The van der Waals surface area contributed by atoms with Crippen molar-refractivity contribution in [1.82, 2.24) is 0 Å². The highest BCUT2D eigenvalue weighted by Crippen LogP contribution is 2.45. The Hall–Kier alpha value is -1.94. The third-order valence-electron chi connectivity index (χ3n) is 15.3. The molecule has 84 heavy (non-hydrogen) atoms. The van der Waals surface area contributed by atoms with Crippen molar-refractivity contribution in [2.24, 2.45) is 11.8 Å². The van der Waals surface area contributed by atoms with E-state index in [1.807, 2.05) is 0 Å². The molecule has 0 aromatic heterocycles. The van der Waals surface area contributed by atoms with E-state index in [1.54, 1.807) is 0 Å². The van der Waals surface area contributed by atoms with E-state index < -0.39 is 97.5 Å². The van der Waals surface area contributed by atoms with Crippen LogP contribution < -0.4 is 0 Å². The second-order valence-electron chi connectivity index (χ2n) is 24.2. The first kappa shape index (κ1) is 82.1. The lowest BCUT2D eigenvalue weighted by atomic mass is 10.00. The van der Waals surface area contributed by atoms with Crippen LogP contribution in [-0.2, 0) is 65.4 Å². The van der Waals surface area contributed by atoms with E-state index >= 15 is 0 Å². The number of phosphoric ester groups is 2. The second kappa shape index (κ2) is 57.5. The summed E-state index contributed by atoms with van der Waals surface area (Å²) in [5.41, 5.74) is 0. The molecule has 6 atom stereocenters. The van der Waals surface area contributed by atoms with Crippen LogP contribution in [0.25, 0.3) is 0 Å². The van der Waals surface area contributed by atoms with Gasteiger partial charge in [0.2, 0.25) is 0 Å². The zero-order valence-corrected chi connectivity index (χ0v) is 56.0. The van der Waals surface area contributed by atoms with Crippen LogP contribution in [0.3, 0.4) is 0 Å². The van der Waals surface area contributed by atoms with Crippen LogP contribution in [0.5, 0.6) is 0 Å². The summed E-state index contributed by atoms with van der Waals surface area (Å²) in [6.07, 6.45) is 40.3. The van der Waals surface area contributed by atoms with E-state index in [-0.39, 0.29) is 25.7 Å². The Morgan fingerprint density at radius 1 is 0.345 bits per heavy atom. The van der Waals surface area contributed by atoms with Crippen molar-refractivity contribution in [3.8, 4) is 0 Å². The fourth-order valence-corrected chi connectivity index (χ4v) is 11.3. The molecular formula is C65H126O17P2. The molecule has 0 saturated heterocycles. The third kappa shape index (κ3) is 57.8. The number of phosphoric acid groups is 2. The van der Waals surface area contributed by atoms with Crippen LogP contribution in [0, 0.1) is 11.8 Å². The predicted octanol–water partition coefficient (Wildman–Crippen LogP) is 18.0. The molecule has 0 aromatic rings. The average molecular weight is 1240 g/mol. The molecule has 19 heteroatoms. The fourth-order valence-electron chi connectivity index (χ4n) is 9.68. The Labute approximate surface area is 511 Å². The highest BCUT2D eigenvalue weighted by atomic mass is 31.2. The summed E-state index contributed by atoms with van der Waals surface area (Å²) in [4.78, 5) is 72.2. The molecule has 0 rings (SSSR count). The maximum Gasteiger partial charge on any atom is 0.472 e. The molecule has 498 valence electrons. The topological polar surface area (TPSA) is 237 Å². The van der Waals surface area contributed by atoms with E-state index in [4.69, 9.17) is 37.0 Å². The van der Waals surface area contributed by atoms with Crippen LogP contribution >= 0.6 is 15.6 Å². The molecule has 0 amide bonds. The Bertz CT molecular complexity index is 1650. The van der Waals surface area contributed by atoms with Gasteiger partial charge >= 0.3 is 39.5 Å². The molecule has 0 aromatic carbocycles. The van der Waals surface area contributed by atoms with Gasteiger partial charge in [-0.15, -0.1) is 0 Å². The van der Waals surface area contributed by atoms with Gasteiger partial charge in [-0.2, -0.15) is 0 Å². The smallest absolute Gasteiger partial charge is 0.462 e. The highest BCUT2D eigenvalue weighted by Gasteiger charge is 2.30. The predicted molar refractivity (Wildman–Crippen MR) is 335 cm³/mol. The first-order chi connectivity index (χ1) is 40.4. The van der Waals surface area contributed by atoms with Crippen molar-refractivity contribution in [1.29, 1.82) is 0 Å². The Morgan fingerprint density at radius 2 is 0.607 bits per heavy atom. The summed E-state index contributed by atoms with van der Waals surface area (Å²) in [5.74, 6) is -0.670. The Morgan fingerprint density at radius 3 is 0.905 bits per heavy atom. The van der Waals surface area contributed by atoms with Crippen LogP contribution in [-0.4, -0.2) is 96.7 Å². The molecule has 0 fully saturated rings. The Kier molecular flexibility index (Phi) is 56.2. The molecular weight excluding hydrogens is 1110 g/mol. The van der Waals surface area contributed by atoms with E-state index in [9.17, 15) is 43.2 Å². The zero-order chi connectivity index (χ0) is 62.2. The number of aliphatic hydroxyl groups excluding tert-OH is 1. The van der Waals surface area contributed by atoms with Crippen LogP contribution in [0.4, 0.5) is 0 Å². The monoisotopic (exact) mass is 1240 g/mol. The quantitative estimate of drug-likeness (QED) is 0.0222. The minimum Gasteiger partial charge on any atom is -0.462 e. The van der Waals surface area contributed by atoms with Crippen LogP contribution in [0.15, 0.2) is 0 Å². The van der Waals surface area contributed by atoms with Gasteiger partial charge in [0.1, 0.15) is 19.3 Å². The van der Waals surface area contributed by atoms with Crippen LogP contribution in [0.1, 0.15) is 324 Å². The minimum atomic E-state index is -4.95. The van der Waals surface area contributed by atoms with Gasteiger partial charge in [-0.25, -0.2) is 9.13 Å². The maximum absolute atomic E-state index is 13.0. The minimum absolute atomic E-state index is 0.103. The SMILES string of the molecule is CCCCCCCCCCCCCCCC(=O)O[C@H](COC(=O)CCCCCCCCCCCC(C)C)COP(=O)(O)OC[C@@H](O)COP(=O)(O)OC[C@@H](COC(=O)CCCCCCCCCCC)OC(=O)CCCCCCCCC(C)CC. The molecule has 3 unspecified atom stereocenters. The highest BCUT2D eigenvalue weighted by molar-refractivity contribution is 7.47. The molecule has 0 heterocycles.